The third kappa shape index (κ3) is 6.78. The summed E-state index contributed by atoms with van der Waals surface area (Å²) < 4.78 is 33.2. The number of methoxy groups -OCH3 is 1. The summed E-state index contributed by atoms with van der Waals surface area (Å²) in [5.41, 5.74) is 3.61. The lowest BCUT2D eigenvalue weighted by atomic mass is 9.99. The smallest absolute Gasteiger partial charge is 0.273 e. The molecule has 0 aromatic heterocycles. The maximum Gasteiger partial charge on any atom is 0.273 e. The zero-order valence-corrected chi connectivity index (χ0v) is 20.7. The molecule has 3 rings (SSSR count). The van der Waals surface area contributed by atoms with Crippen LogP contribution in [0.2, 0.25) is 0 Å². The van der Waals surface area contributed by atoms with Crippen molar-refractivity contribution in [3.8, 4) is 5.75 Å². The van der Waals surface area contributed by atoms with Crippen LogP contribution in [0.4, 0.5) is 11.4 Å². The quantitative estimate of drug-likeness (QED) is 0.422. The number of nitrogens with zero attached hydrogens (tertiary/aromatic N) is 3. The number of carbonyl (C=O) groups is 1. The predicted octanol–water partition coefficient (Wildman–Crippen LogP) is 4.32. The zero-order valence-electron chi connectivity index (χ0n) is 19.9. The second-order valence-electron chi connectivity index (χ2n) is 8.40. The molecule has 0 aliphatic heterocycles. The fraction of sp³-hybridized carbons (Fsp3) is 0.417. The predicted molar refractivity (Wildman–Crippen MR) is 133 cm³/mol. The third-order valence-corrected chi connectivity index (χ3v) is 7.65. The molecule has 0 heterocycles. The Kier molecular flexibility index (Phi) is 8.80. The van der Waals surface area contributed by atoms with Crippen LogP contribution in [0.3, 0.4) is 0 Å². The highest BCUT2D eigenvalue weighted by atomic mass is 32.2. The Bertz CT molecular complexity index is 1180. The molecule has 1 N–H and O–H groups in total. The molecular formula is C24H30N4O6S. The highest BCUT2D eigenvalue weighted by Crippen LogP contribution is 2.29. The Balaban J connectivity index is 1.91. The average Bonchev–Trinajstić information content (AvgIpc) is 2.82. The molecule has 0 unspecified atom stereocenters. The largest absolute Gasteiger partial charge is 0.497 e. The number of carbonyl (C=O) groups excluding carboxylic acids is 1. The molecule has 2 aromatic carbocycles. The van der Waals surface area contributed by atoms with E-state index in [1.165, 1.54) is 44.7 Å². The van der Waals surface area contributed by atoms with Gasteiger partial charge in [0.15, 0.2) is 0 Å². The number of hydrazone groups is 1. The normalized spacial score (nSPS) is 14.4. The Morgan fingerprint density at radius 2 is 1.71 bits per heavy atom. The first-order valence-electron chi connectivity index (χ1n) is 11.5. The molecule has 0 saturated heterocycles. The monoisotopic (exact) mass is 502 g/mol. The van der Waals surface area contributed by atoms with Gasteiger partial charge in [0.25, 0.3) is 21.6 Å². The first-order chi connectivity index (χ1) is 16.7. The summed E-state index contributed by atoms with van der Waals surface area (Å²) in [6.45, 7) is 0.977. The number of amides is 1. The number of sulfonamides is 1. The summed E-state index contributed by atoms with van der Waals surface area (Å²) in [6, 6.07) is 9.83. The van der Waals surface area contributed by atoms with Crippen molar-refractivity contribution in [3.05, 3.63) is 58.1 Å². The maximum atomic E-state index is 13.6. The number of nitrogens with one attached hydrogen (secondary N) is 1. The van der Waals surface area contributed by atoms with Crippen LogP contribution in [0.5, 0.6) is 5.75 Å². The van der Waals surface area contributed by atoms with Crippen LogP contribution < -0.4 is 14.5 Å². The second kappa shape index (κ2) is 11.8. The van der Waals surface area contributed by atoms with Gasteiger partial charge in [0.2, 0.25) is 0 Å². The second-order valence-corrected chi connectivity index (χ2v) is 10.3. The first kappa shape index (κ1) is 26.1. The first-order valence-corrected chi connectivity index (χ1v) is 12.9. The van der Waals surface area contributed by atoms with Gasteiger partial charge in [0.05, 0.1) is 22.6 Å². The minimum atomic E-state index is -4.32. The minimum absolute atomic E-state index is 0.211. The fourth-order valence-corrected chi connectivity index (χ4v) is 5.31. The van der Waals surface area contributed by atoms with Crippen molar-refractivity contribution in [2.45, 2.75) is 56.8 Å². The van der Waals surface area contributed by atoms with Crippen LogP contribution in [-0.2, 0) is 14.8 Å². The molecule has 1 aliphatic rings. The van der Waals surface area contributed by atoms with Crippen molar-refractivity contribution >= 4 is 33.0 Å². The number of aryl methyl sites for hydroxylation is 1. The highest BCUT2D eigenvalue weighted by molar-refractivity contribution is 7.92. The Hall–Kier alpha value is -3.47. The van der Waals surface area contributed by atoms with Crippen LogP contribution in [-0.4, -0.2) is 38.6 Å². The van der Waals surface area contributed by atoms with Gasteiger partial charge in [-0.25, -0.2) is 13.8 Å². The van der Waals surface area contributed by atoms with Gasteiger partial charge >= 0.3 is 0 Å². The van der Waals surface area contributed by atoms with Gasteiger partial charge in [-0.3, -0.25) is 19.2 Å². The lowest BCUT2D eigenvalue weighted by molar-refractivity contribution is -0.385. The molecule has 35 heavy (non-hydrogen) atoms. The van der Waals surface area contributed by atoms with Crippen molar-refractivity contribution < 1.29 is 22.9 Å². The Labute approximate surface area is 205 Å². The van der Waals surface area contributed by atoms with Crippen molar-refractivity contribution in [2.24, 2.45) is 5.10 Å². The maximum absolute atomic E-state index is 13.6. The SMILES string of the molecule is COc1ccc(N(CC(=O)NN=C2CCCCCCC2)S(=O)(=O)c2ccc(C)c([N+](=O)[O-])c2)cc1. The number of ether oxygens (including phenoxy) is 1. The van der Waals surface area contributed by atoms with Crippen LogP contribution in [0, 0.1) is 17.0 Å². The number of nitro benzene ring substituents is 1. The van der Waals surface area contributed by atoms with Crippen molar-refractivity contribution in [3.63, 3.8) is 0 Å². The zero-order chi connectivity index (χ0) is 25.4. The van der Waals surface area contributed by atoms with E-state index in [4.69, 9.17) is 4.74 Å². The van der Waals surface area contributed by atoms with Crippen LogP contribution in [0.25, 0.3) is 0 Å². The van der Waals surface area contributed by atoms with E-state index < -0.39 is 27.4 Å². The van der Waals surface area contributed by atoms with Crippen LogP contribution >= 0.6 is 0 Å². The summed E-state index contributed by atoms with van der Waals surface area (Å²) in [6.07, 6.45) is 7.06. The lowest BCUT2D eigenvalue weighted by Gasteiger charge is -2.24. The van der Waals surface area contributed by atoms with Crippen molar-refractivity contribution in [1.82, 2.24) is 5.43 Å². The van der Waals surface area contributed by atoms with Crippen molar-refractivity contribution in [1.29, 1.82) is 0 Å². The average molecular weight is 503 g/mol. The van der Waals surface area contributed by atoms with Gasteiger partial charge in [0, 0.05) is 17.3 Å². The molecule has 1 aliphatic carbocycles. The lowest BCUT2D eigenvalue weighted by Crippen LogP contribution is -2.39. The van der Waals surface area contributed by atoms with E-state index >= 15 is 0 Å². The van der Waals surface area contributed by atoms with Gasteiger partial charge in [-0.05, 0) is 62.9 Å². The standard InChI is InChI=1S/C24H30N4O6S/c1-18-10-15-22(16-23(18)28(30)31)35(32,33)27(20-11-13-21(34-2)14-12-20)17-24(29)26-25-19-8-6-4-3-5-7-9-19/h10-16H,3-9,17H2,1-2H3,(H,26,29). The molecule has 11 heteroatoms. The number of benzene rings is 2. The van der Waals surface area contributed by atoms with Gasteiger partial charge in [-0.1, -0.05) is 25.3 Å². The topological polar surface area (TPSA) is 131 Å². The fourth-order valence-electron chi connectivity index (χ4n) is 3.87. The van der Waals surface area contributed by atoms with E-state index in [-0.39, 0.29) is 16.3 Å². The summed E-state index contributed by atoms with van der Waals surface area (Å²) in [5.74, 6) is -0.0993. The third-order valence-electron chi connectivity index (χ3n) is 5.88. The summed E-state index contributed by atoms with van der Waals surface area (Å²) in [5, 5.41) is 15.6. The molecular weight excluding hydrogens is 472 g/mol. The molecule has 0 bridgehead atoms. The highest BCUT2D eigenvalue weighted by Gasteiger charge is 2.29. The van der Waals surface area contributed by atoms with E-state index in [0.29, 0.717) is 11.3 Å². The molecule has 0 spiro atoms. The molecule has 188 valence electrons. The van der Waals surface area contributed by atoms with Crippen LogP contribution in [0.1, 0.15) is 50.5 Å². The van der Waals surface area contributed by atoms with Gasteiger partial charge in [0.1, 0.15) is 12.3 Å². The molecule has 0 radical (unpaired) electrons. The van der Waals surface area contributed by atoms with Crippen molar-refractivity contribution in [2.75, 3.05) is 18.0 Å². The number of rotatable bonds is 8. The molecule has 1 fully saturated rings. The molecule has 10 nitrogen and oxygen atoms in total. The van der Waals surface area contributed by atoms with Gasteiger partial charge in [-0.2, -0.15) is 5.10 Å². The number of hydrogen-bond acceptors (Lipinski definition) is 7. The summed E-state index contributed by atoms with van der Waals surface area (Å²) in [4.78, 5) is 23.2. The van der Waals surface area contributed by atoms with E-state index in [1.54, 1.807) is 12.1 Å². The summed E-state index contributed by atoms with van der Waals surface area (Å²) in [7, 11) is -2.83. The Morgan fingerprint density at radius 3 is 2.31 bits per heavy atom. The van der Waals surface area contributed by atoms with E-state index in [2.05, 4.69) is 10.5 Å². The molecule has 1 amide bonds. The summed E-state index contributed by atoms with van der Waals surface area (Å²) >= 11 is 0. The molecule has 2 aromatic rings. The Morgan fingerprint density at radius 1 is 1.09 bits per heavy atom. The number of hydrogen-bond donors (Lipinski definition) is 1. The number of nitro groups is 1. The molecule has 1 saturated carbocycles. The molecule has 0 atom stereocenters. The minimum Gasteiger partial charge on any atom is -0.497 e. The van der Waals surface area contributed by atoms with E-state index in [0.717, 1.165) is 54.6 Å². The number of anilines is 1. The van der Waals surface area contributed by atoms with E-state index in [1.807, 2.05) is 0 Å². The van der Waals surface area contributed by atoms with E-state index in [9.17, 15) is 23.3 Å². The van der Waals surface area contributed by atoms with Gasteiger partial charge < -0.3 is 4.74 Å². The van der Waals surface area contributed by atoms with Gasteiger partial charge in [-0.15, -0.1) is 0 Å². The van der Waals surface area contributed by atoms with Crippen LogP contribution in [0.15, 0.2) is 52.5 Å².